The third-order valence-corrected chi connectivity index (χ3v) is 5.11. The number of anilines is 1. The lowest BCUT2D eigenvalue weighted by atomic mass is 10.2. The number of pyridine rings is 1. The van der Waals surface area contributed by atoms with Gasteiger partial charge in [-0.1, -0.05) is 18.2 Å². The molecule has 1 aromatic carbocycles. The molecule has 4 rings (SSSR count). The minimum atomic E-state index is -0.114. The number of aromatic nitrogens is 3. The molecule has 1 aliphatic heterocycles. The van der Waals surface area contributed by atoms with Gasteiger partial charge in [0.1, 0.15) is 5.82 Å². The molecule has 1 saturated heterocycles. The van der Waals surface area contributed by atoms with Gasteiger partial charge in [0.25, 0.3) is 0 Å². The number of rotatable bonds is 6. The normalized spacial score (nSPS) is 13.5. The molecular weight excluding hydrogens is 364 g/mol. The highest BCUT2D eigenvalue weighted by molar-refractivity contribution is 5.73. The zero-order valence-corrected chi connectivity index (χ0v) is 16.7. The van der Waals surface area contributed by atoms with Gasteiger partial charge in [-0.05, 0) is 42.7 Å². The molecule has 2 amide bonds. The maximum absolute atomic E-state index is 12.5. The summed E-state index contributed by atoms with van der Waals surface area (Å²) >= 11 is 0. The van der Waals surface area contributed by atoms with Gasteiger partial charge >= 0.3 is 6.03 Å². The highest BCUT2D eigenvalue weighted by atomic mass is 16.2. The molecule has 3 aromatic rings. The van der Waals surface area contributed by atoms with Crippen LogP contribution in [0.15, 0.2) is 61.1 Å². The van der Waals surface area contributed by atoms with E-state index in [4.69, 9.17) is 0 Å². The van der Waals surface area contributed by atoms with Crippen molar-refractivity contribution in [2.75, 3.05) is 25.0 Å². The lowest BCUT2D eigenvalue weighted by Crippen LogP contribution is -2.36. The second kappa shape index (κ2) is 8.77. The van der Waals surface area contributed by atoms with Crippen LogP contribution in [0.25, 0.3) is 5.69 Å². The highest BCUT2D eigenvalue weighted by Crippen LogP contribution is 2.18. The van der Waals surface area contributed by atoms with E-state index in [1.54, 1.807) is 18.1 Å². The molecule has 3 heterocycles. The van der Waals surface area contributed by atoms with Crippen LogP contribution in [-0.2, 0) is 13.1 Å². The largest absolute Gasteiger partial charge is 0.357 e. The van der Waals surface area contributed by atoms with Crippen molar-refractivity contribution in [3.05, 3.63) is 72.2 Å². The van der Waals surface area contributed by atoms with Gasteiger partial charge in [-0.2, -0.15) is 5.10 Å². The smallest absolute Gasteiger partial charge is 0.317 e. The molecule has 0 unspecified atom stereocenters. The van der Waals surface area contributed by atoms with E-state index in [0.29, 0.717) is 13.1 Å². The van der Waals surface area contributed by atoms with E-state index >= 15 is 0 Å². The lowest BCUT2D eigenvalue weighted by Gasteiger charge is -2.19. The maximum atomic E-state index is 12.5. The number of nitrogens with one attached hydrogen (secondary N) is 1. The van der Waals surface area contributed by atoms with Gasteiger partial charge in [0.05, 0.1) is 18.4 Å². The molecule has 0 bridgehead atoms. The molecular formula is C22H26N6O. The van der Waals surface area contributed by atoms with Crippen molar-refractivity contribution in [1.82, 2.24) is 25.0 Å². The molecule has 0 aliphatic carbocycles. The van der Waals surface area contributed by atoms with Crippen LogP contribution < -0.4 is 10.2 Å². The van der Waals surface area contributed by atoms with Gasteiger partial charge in [0, 0.05) is 44.6 Å². The molecule has 7 nitrogen and oxygen atoms in total. The Bertz CT molecular complexity index is 949. The van der Waals surface area contributed by atoms with Crippen molar-refractivity contribution in [2.24, 2.45) is 0 Å². The van der Waals surface area contributed by atoms with E-state index in [1.807, 2.05) is 53.5 Å². The van der Waals surface area contributed by atoms with Crippen LogP contribution in [0.3, 0.4) is 0 Å². The predicted octanol–water partition coefficient (Wildman–Crippen LogP) is 3.21. The molecule has 29 heavy (non-hydrogen) atoms. The van der Waals surface area contributed by atoms with E-state index in [9.17, 15) is 4.79 Å². The number of amides is 2. The van der Waals surface area contributed by atoms with Crippen LogP contribution in [0.4, 0.5) is 10.6 Å². The first kappa shape index (κ1) is 19.0. The summed E-state index contributed by atoms with van der Waals surface area (Å²) in [5, 5.41) is 7.38. The molecule has 150 valence electrons. The number of carbonyl (C=O) groups is 1. The average Bonchev–Trinajstić information content (AvgIpc) is 3.45. The van der Waals surface area contributed by atoms with Crippen molar-refractivity contribution in [1.29, 1.82) is 0 Å². The lowest BCUT2D eigenvalue weighted by molar-refractivity contribution is 0.206. The van der Waals surface area contributed by atoms with Crippen LogP contribution >= 0.6 is 0 Å². The third-order valence-electron chi connectivity index (χ3n) is 5.11. The second-order valence-corrected chi connectivity index (χ2v) is 7.36. The molecule has 2 aromatic heterocycles. The fourth-order valence-corrected chi connectivity index (χ4v) is 3.51. The summed E-state index contributed by atoms with van der Waals surface area (Å²) in [6.07, 6.45) is 7.99. The second-order valence-electron chi connectivity index (χ2n) is 7.36. The van der Waals surface area contributed by atoms with E-state index in [-0.39, 0.29) is 6.03 Å². The van der Waals surface area contributed by atoms with Crippen LogP contribution in [-0.4, -0.2) is 45.8 Å². The number of carbonyl (C=O) groups excluding carboxylic acids is 1. The highest BCUT2D eigenvalue weighted by Gasteiger charge is 2.14. The number of hydrogen-bond donors (Lipinski definition) is 1. The number of benzene rings is 1. The first-order valence-electron chi connectivity index (χ1n) is 9.97. The van der Waals surface area contributed by atoms with Crippen LogP contribution in [0.2, 0.25) is 0 Å². The van der Waals surface area contributed by atoms with Crippen molar-refractivity contribution in [3.8, 4) is 5.69 Å². The Kier molecular flexibility index (Phi) is 5.74. The molecule has 0 atom stereocenters. The first-order chi connectivity index (χ1) is 14.2. The summed E-state index contributed by atoms with van der Waals surface area (Å²) in [5.41, 5.74) is 3.03. The van der Waals surface area contributed by atoms with Gasteiger partial charge < -0.3 is 15.1 Å². The van der Waals surface area contributed by atoms with Crippen LogP contribution in [0.1, 0.15) is 24.0 Å². The zero-order chi connectivity index (χ0) is 20.1. The summed E-state index contributed by atoms with van der Waals surface area (Å²) in [6.45, 7) is 3.09. The van der Waals surface area contributed by atoms with Crippen molar-refractivity contribution >= 4 is 11.8 Å². The van der Waals surface area contributed by atoms with E-state index in [1.165, 1.54) is 12.8 Å². The molecule has 0 spiro atoms. The first-order valence-corrected chi connectivity index (χ1v) is 9.97. The van der Waals surface area contributed by atoms with E-state index in [0.717, 1.165) is 35.7 Å². The van der Waals surface area contributed by atoms with Crippen molar-refractivity contribution in [2.45, 2.75) is 25.9 Å². The number of hydrogen-bond acceptors (Lipinski definition) is 4. The van der Waals surface area contributed by atoms with Gasteiger partial charge in [-0.25, -0.2) is 14.5 Å². The molecule has 1 aliphatic rings. The van der Waals surface area contributed by atoms with E-state index in [2.05, 4.69) is 26.4 Å². The van der Waals surface area contributed by atoms with Gasteiger partial charge in [0.15, 0.2) is 0 Å². The van der Waals surface area contributed by atoms with Crippen LogP contribution in [0.5, 0.6) is 0 Å². The Morgan fingerprint density at radius 1 is 1.14 bits per heavy atom. The Labute approximate surface area is 171 Å². The average molecular weight is 390 g/mol. The SMILES string of the molecule is CN(Cc1cnn(-c2ccccc2)c1)C(=O)NCc1ccnc(N2CCCC2)c1. The number of urea groups is 1. The zero-order valence-electron chi connectivity index (χ0n) is 16.7. The fraction of sp³-hybridized carbons (Fsp3) is 0.318. The quantitative estimate of drug-likeness (QED) is 0.702. The predicted molar refractivity (Wildman–Crippen MR) is 113 cm³/mol. The fourth-order valence-electron chi connectivity index (χ4n) is 3.51. The van der Waals surface area contributed by atoms with Gasteiger partial charge in [-0.15, -0.1) is 0 Å². The molecule has 1 N–H and O–H groups in total. The minimum Gasteiger partial charge on any atom is -0.357 e. The minimum absolute atomic E-state index is 0.114. The Morgan fingerprint density at radius 3 is 2.72 bits per heavy atom. The summed E-state index contributed by atoms with van der Waals surface area (Å²) in [4.78, 5) is 20.9. The summed E-state index contributed by atoms with van der Waals surface area (Å²) in [7, 11) is 1.79. The monoisotopic (exact) mass is 390 g/mol. The Balaban J connectivity index is 1.31. The van der Waals surface area contributed by atoms with Crippen molar-refractivity contribution in [3.63, 3.8) is 0 Å². The standard InChI is InChI=1S/C22H26N6O/c1-26(16-19-15-25-28(17-19)20-7-3-2-4-8-20)22(29)24-14-18-9-10-23-21(13-18)27-11-5-6-12-27/h2-4,7-10,13,15,17H,5-6,11-12,14,16H2,1H3,(H,24,29). The topological polar surface area (TPSA) is 66.3 Å². The number of nitrogens with zero attached hydrogens (tertiary/aromatic N) is 5. The summed E-state index contributed by atoms with van der Waals surface area (Å²) in [5.74, 6) is 0.996. The number of para-hydroxylation sites is 1. The van der Waals surface area contributed by atoms with Gasteiger partial charge in [0.2, 0.25) is 0 Å². The molecule has 1 fully saturated rings. The van der Waals surface area contributed by atoms with E-state index < -0.39 is 0 Å². The molecule has 0 saturated carbocycles. The molecule has 7 heteroatoms. The summed E-state index contributed by atoms with van der Waals surface area (Å²) in [6, 6.07) is 13.8. The summed E-state index contributed by atoms with van der Waals surface area (Å²) < 4.78 is 1.82. The van der Waals surface area contributed by atoms with Gasteiger partial charge in [-0.3, -0.25) is 0 Å². The Hall–Kier alpha value is -3.35. The van der Waals surface area contributed by atoms with Crippen LogP contribution in [0, 0.1) is 0 Å². The third kappa shape index (κ3) is 4.74. The van der Waals surface area contributed by atoms with Crippen molar-refractivity contribution < 1.29 is 4.79 Å². The Morgan fingerprint density at radius 2 is 1.93 bits per heavy atom. The maximum Gasteiger partial charge on any atom is 0.317 e. The molecule has 0 radical (unpaired) electrons.